The molecule has 0 aliphatic heterocycles. The van der Waals surface area contributed by atoms with E-state index >= 15 is 0 Å². The van der Waals surface area contributed by atoms with E-state index in [9.17, 15) is 0 Å². The Labute approximate surface area is 179 Å². The van der Waals surface area contributed by atoms with Gasteiger partial charge in [-0.1, -0.05) is 107 Å². The van der Waals surface area contributed by atoms with Crippen molar-refractivity contribution in [3.8, 4) is 5.75 Å². The lowest BCUT2D eigenvalue weighted by molar-refractivity contribution is 0.306. The number of hydrogen-bond acceptors (Lipinski definition) is 1. The van der Waals surface area contributed by atoms with Gasteiger partial charge < -0.3 is 4.74 Å². The van der Waals surface area contributed by atoms with Crippen LogP contribution < -0.4 is 4.74 Å². The summed E-state index contributed by atoms with van der Waals surface area (Å²) in [5, 5.41) is 0. The number of aryl methyl sites for hydroxylation is 1. The van der Waals surface area contributed by atoms with E-state index in [1.165, 1.54) is 87.3 Å². The van der Waals surface area contributed by atoms with Crippen molar-refractivity contribution in [3.63, 3.8) is 0 Å². The van der Waals surface area contributed by atoms with Gasteiger partial charge in [-0.3, -0.25) is 0 Å². The maximum atomic E-state index is 5.96. The Morgan fingerprint density at radius 1 is 0.655 bits per heavy atom. The van der Waals surface area contributed by atoms with E-state index in [2.05, 4.69) is 74.5 Å². The average Bonchev–Trinajstić information content (AvgIpc) is 2.76. The Morgan fingerprint density at radius 2 is 1.28 bits per heavy atom. The Bertz CT molecular complexity index is 666. The van der Waals surface area contributed by atoms with Gasteiger partial charge in [-0.15, -0.1) is 0 Å². The van der Waals surface area contributed by atoms with Gasteiger partial charge in [0.25, 0.3) is 0 Å². The third-order valence-electron chi connectivity index (χ3n) is 5.41. The zero-order valence-electron chi connectivity index (χ0n) is 18.7. The van der Waals surface area contributed by atoms with Crippen LogP contribution in [-0.2, 0) is 13.0 Å². The molecule has 158 valence electrons. The molecule has 0 unspecified atom stereocenters. The van der Waals surface area contributed by atoms with Crippen molar-refractivity contribution in [2.45, 2.75) is 91.1 Å². The van der Waals surface area contributed by atoms with Crippen LogP contribution in [0.15, 0.2) is 54.6 Å². The highest BCUT2D eigenvalue weighted by atomic mass is 16.5. The number of benzene rings is 2. The van der Waals surface area contributed by atoms with E-state index in [1.807, 2.05) is 0 Å². The van der Waals surface area contributed by atoms with E-state index < -0.39 is 0 Å². The molecule has 0 spiro atoms. The van der Waals surface area contributed by atoms with Gasteiger partial charge in [0.2, 0.25) is 0 Å². The van der Waals surface area contributed by atoms with Crippen LogP contribution in [0.1, 0.15) is 94.7 Å². The molecule has 0 aliphatic rings. The molecule has 0 saturated heterocycles. The molecule has 2 aromatic carbocycles. The summed E-state index contributed by atoms with van der Waals surface area (Å²) < 4.78 is 5.96. The highest BCUT2D eigenvalue weighted by Crippen LogP contribution is 2.17. The lowest BCUT2D eigenvalue weighted by Gasteiger charge is -2.08. The van der Waals surface area contributed by atoms with Crippen LogP contribution in [0.5, 0.6) is 5.75 Å². The minimum Gasteiger partial charge on any atom is -0.489 e. The van der Waals surface area contributed by atoms with E-state index in [0.29, 0.717) is 6.61 Å². The highest BCUT2D eigenvalue weighted by molar-refractivity contribution is 5.50. The third-order valence-corrected chi connectivity index (χ3v) is 5.41. The van der Waals surface area contributed by atoms with Gasteiger partial charge in [-0.25, -0.2) is 0 Å². The van der Waals surface area contributed by atoms with Crippen molar-refractivity contribution in [2.75, 3.05) is 0 Å². The van der Waals surface area contributed by atoms with Gasteiger partial charge in [0.1, 0.15) is 12.4 Å². The van der Waals surface area contributed by atoms with Crippen molar-refractivity contribution >= 4 is 6.08 Å². The standard InChI is InChI=1S/C28H40O/c1-3-5-7-9-10-11-13-15-26-20-22-28(23-21-26)29-24-27-18-16-25(17-19-27)14-12-8-6-4-2/h13,15-23H,3-12,14,24H2,1-2H3/b15-13+. The summed E-state index contributed by atoms with van der Waals surface area (Å²) in [5.74, 6) is 0.936. The van der Waals surface area contributed by atoms with Gasteiger partial charge in [-0.05, 0) is 54.5 Å². The number of unbranched alkanes of at least 4 members (excludes halogenated alkanes) is 8. The lowest BCUT2D eigenvalue weighted by atomic mass is 10.0. The average molecular weight is 393 g/mol. The van der Waals surface area contributed by atoms with E-state index in [1.54, 1.807) is 0 Å². The molecule has 1 nitrogen and oxygen atoms in total. The summed E-state index contributed by atoms with van der Waals surface area (Å²) in [5.41, 5.74) is 3.92. The maximum absolute atomic E-state index is 5.96. The molecular formula is C28H40O. The molecule has 0 radical (unpaired) electrons. The summed E-state index contributed by atoms with van der Waals surface area (Å²) in [6, 6.07) is 17.3. The van der Waals surface area contributed by atoms with Gasteiger partial charge in [0.15, 0.2) is 0 Å². The summed E-state index contributed by atoms with van der Waals surface area (Å²) in [6.07, 6.45) is 18.9. The molecule has 0 heterocycles. The predicted molar refractivity (Wildman–Crippen MR) is 127 cm³/mol. The van der Waals surface area contributed by atoms with E-state index in [0.717, 1.165) is 5.75 Å². The van der Waals surface area contributed by atoms with Crippen molar-refractivity contribution in [1.29, 1.82) is 0 Å². The fourth-order valence-corrected chi connectivity index (χ4v) is 3.49. The second kappa shape index (κ2) is 14.9. The third kappa shape index (κ3) is 10.4. The van der Waals surface area contributed by atoms with Crippen LogP contribution in [0.25, 0.3) is 6.08 Å². The zero-order valence-corrected chi connectivity index (χ0v) is 18.7. The normalized spacial score (nSPS) is 11.2. The molecule has 0 aliphatic carbocycles. The number of ether oxygens (including phenoxy) is 1. The first-order chi connectivity index (χ1) is 14.3. The first kappa shape index (κ1) is 23.3. The van der Waals surface area contributed by atoms with Gasteiger partial charge in [0, 0.05) is 0 Å². The second-order valence-electron chi connectivity index (χ2n) is 8.09. The molecule has 0 atom stereocenters. The Balaban J connectivity index is 1.67. The van der Waals surface area contributed by atoms with Crippen LogP contribution in [0.3, 0.4) is 0 Å². The first-order valence-electron chi connectivity index (χ1n) is 11.8. The van der Waals surface area contributed by atoms with Crippen LogP contribution in [-0.4, -0.2) is 0 Å². The van der Waals surface area contributed by atoms with Crippen LogP contribution in [0, 0.1) is 0 Å². The molecule has 0 bridgehead atoms. The molecule has 2 rings (SSSR count). The lowest BCUT2D eigenvalue weighted by Crippen LogP contribution is -1.96. The maximum Gasteiger partial charge on any atom is 0.119 e. The summed E-state index contributed by atoms with van der Waals surface area (Å²) in [7, 11) is 0. The SMILES string of the molecule is CCCCCCC/C=C/c1ccc(OCc2ccc(CCCCCC)cc2)cc1. The smallest absolute Gasteiger partial charge is 0.119 e. The highest BCUT2D eigenvalue weighted by Gasteiger charge is 1.98. The molecule has 0 saturated carbocycles. The van der Waals surface area contributed by atoms with Crippen molar-refractivity contribution in [2.24, 2.45) is 0 Å². The number of hydrogen-bond donors (Lipinski definition) is 0. The van der Waals surface area contributed by atoms with Gasteiger partial charge in [-0.2, -0.15) is 0 Å². The summed E-state index contributed by atoms with van der Waals surface area (Å²) in [4.78, 5) is 0. The molecule has 29 heavy (non-hydrogen) atoms. The molecule has 2 aromatic rings. The molecule has 1 heteroatoms. The summed E-state index contributed by atoms with van der Waals surface area (Å²) in [6.45, 7) is 5.15. The fraction of sp³-hybridized carbons (Fsp3) is 0.500. The van der Waals surface area contributed by atoms with Gasteiger partial charge >= 0.3 is 0 Å². The number of allylic oxidation sites excluding steroid dienone is 1. The zero-order chi connectivity index (χ0) is 20.6. The predicted octanol–water partition coefficient (Wildman–Crippen LogP) is 8.76. The topological polar surface area (TPSA) is 9.23 Å². The molecule has 0 fully saturated rings. The van der Waals surface area contributed by atoms with E-state index in [4.69, 9.17) is 4.74 Å². The van der Waals surface area contributed by atoms with Crippen LogP contribution >= 0.6 is 0 Å². The second-order valence-corrected chi connectivity index (χ2v) is 8.09. The van der Waals surface area contributed by atoms with Crippen molar-refractivity contribution in [3.05, 3.63) is 71.3 Å². The van der Waals surface area contributed by atoms with Crippen molar-refractivity contribution < 1.29 is 4.74 Å². The van der Waals surface area contributed by atoms with Crippen LogP contribution in [0.4, 0.5) is 0 Å². The monoisotopic (exact) mass is 392 g/mol. The minimum absolute atomic E-state index is 0.628. The first-order valence-corrected chi connectivity index (χ1v) is 11.8. The Hall–Kier alpha value is -2.02. The Kier molecular flexibility index (Phi) is 12.0. The van der Waals surface area contributed by atoms with Crippen LogP contribution in [0.2, 0.25) is 0 Å². The molecule has 0 N–H and O–H groups in total. The minimum atomic E-state index is 0.628. The van der Waals surface area contributed by atoms with E-state index in [-0.39, 0.29) is 0 Å². The Morgan fingerprint density at radius 3 is 1.97 bits per heavy atom. The van der Waals surface area contributed by atoms with Gasteiger partial charge in [0.05, 0.1) is 0 Å². The molecule has 0 amide bonds. The molecule has 0 aromatic heterocycles. The summed E-state index contributed by atoms with van der Waals surface area (Å²) >= 11 is 0. The number of rotatable bonds is 15. The van der Waals surface area contributed by atoms with Crippen molar-refractivity contribution in [1.82, 2.24) is 0 Å². The quantitative estimate of drug-likeness (QED) is 0.275. The molecular weight excluding hydrogens is 352 g/mol. The largest absolute Gasteiger partial charge is 0.489 e. The fourth-order valence-electron chi connectivity index (χ4n) is 3.49.